The van der Waals surface area contributed by atoms with Crippen molar-refractivity contribution in [2.75, 3.05) is 0 Å². The van der Waals surface area contributed by atoms with Crippen molar-refractivity contribution in [1.82, 2.24) is 0 Å². The van der Waals surface area contributed by atoms with Crippen molar-refractivity contribution in [3.05, 3.63) is 37.0 Å². The van der Waals surface area contributed by atoms with Gasteiger partial charge in [0.1, 0.15) is 0 Å². The normalized spacial score (nSPS) is 7.10. The SMILES string of the molecule is C.C=C/C=C\C(=C)C.CC. The molecule has 0 nitrogen and oxygen atoms in total. The van der Waals surface area contributed by atoms with E-state index >= 15 is 0 Å². The average molecular weight is 140 g/mol. The summed E-state index contributed by atoms with van der Waals surface area (Å²) in [5.41, 5.74) is 1.06. The van der Waals surface area contributed by atoms with E-state index in [1.807, 2.05) is 32.9 Å². The monoisotopic (exact) mass is 140 g/mol. The summed E-state index contributed by atoms with van der Waals surface area (Å²) in [5.74, 6) is 0. The number of allylic oxidation sites excluding steroid dienone is 4. The summed E-state index contributed by atoms with van der Waals surface area (Å²) >= 11 is 0. The van der Waals surface area contributed by atoms with Gasteiger partial charge < -0.3 is 0 Å². The Kier molecular flexibility index (Phi) is 25.3. The van der Waals surface area contributed by atoms with Crippen LogP contribution in [0.15, 0.2) is 37.0 Å². The Labute approximate surface area is 66.0 Å². The van der Waals surface area contributed by atoms with Crippen LogP contribution in [0.3, 0.4) is 0 Å². The molecule has 0 bridgehead atoms. The maximum Gasteiger partial charge on any atom is -0.0404 e. The van der Waals surface area contributed by atoms with Gasteiger partial charge in [-0.25, -0.2) is 0 Å². The molecule has 0 aromatic rings. The lowest BCUT2D eigenvalue weighted by molar-refractivity contribution is 1.50. The van der Waals surface area contributed by atoms with Gasteiger partial charge in [-0.1, -0.05) is 58.2 Å². The summed E-state index contributed by atoms with van der Waals surface area (Å²) in [5, 5.41) is 0. The fraction of sp³-hybridized carbons (Fsp3) is 0.400. The van der Waals surface area contributed by atoms with E-state index in [1.165, 1.54) is 0 Å². The minimum absolute atomic E-state index is 0. The molecule has 0 fully saturated rings. The van der Waals surface area contributed by atoms with Gasteiger partial charge in [0.05, 0.1) is 0 Å². The van der Waals surface area contributed by atoms with Crippen LogP contribution in [-0.2, 0) is 0 Å². The minimum Gasteiger partial charge on any atom is -0.0991 e. The van der Waals surface area contributed by atoms with Gasteiger partial charge in [-0.05, 0) is 6.92 Å². The van der Waals surface area contributed by atoms with Crippen LogP contribution >= 0.6 is 0 Å². The van der Waals surface area contributed by atoms with Crippen LogP contribution in [-0.4, -0.2) is 0 Å². The van der Waals surface area contributed by atoms with Crippen LogP contribution < -0.4 is 0 Å². The van der Waals surface area contributed by atoms with Crippen LogP contribution in [0.25, 0.3) is 0 Å². The van der Waals surface area contributed by atoms with Gasteiger partial charge in [0.15, 0.2) is 0 Å². The first-order valence-electron chi connectivity index (χ1n) is 3.22. The molecule has 0 aromatic carbocycles. The van der Waals surface area contributed by atoms with Gasteiger partial charge in [-0.15, -0.1) is 0 Å². The Bertz CT molecular complexity index is 96.6. The molecule has 0 N–H and O–H groups in total. The third-order valence-corrected chi connectivity index (χ3v) is 0.517. The Balaban J connectivity index is -0.000000149. The second kappa shape index (κ2) is 15.7. The molecule has 0 amide bonds. The zero-order chi connectivity index (χ0) is 7.70. The molecule has 0 heteroatoms. The molecule has 10 heavy (non-hydrogen) atoms. The lowest BCUT2D eigenvalue weighted by Crippen LogP contribution is -1.55. The quantitative estimate of drug-likeness (QED) is 0.509. The van der Waals surface area contributed by atoms with Gasteiger partial charge in [-0.2, -0.15) is 0 Å². The van der Waals surface area contributed by atoms with Crippen LogP contribution in [0, 0.1) is 0 Å². The van der Waals surface area contributed by atoms with Gasteiger partial charge in [0, 0.05) is 0 Å². The lowest BCUT2D eigenvalue weighted by atomic mass is 10.3. The molecule has 0 aromatic heterocycles. The predicted octanol–water partition coefficient (Wildman–Crippen LogP) is 3.97. The van der Waals surface area contributed by atoms with E-state index in [2.05, 4.69) is 13.2 Å². The van der Waals surface area contributed by atoms with Crippen molar-refractivity contribution in [1.29, 1.82) is 0 Å². The number of hydrogen-bond acceptors (Lipinski definition) is 0. The van der Waals surface area contributed by atoms with E-state index in [0.717, 1.165) is 5.57 Å². The molecular formula is C10H20. The van der Waals surface area contributed by atoms with E-state index in [1.54, 1.807) is 6.08 Å². The second-order valence-electron chi connectivity index (χ2n) is 1.44. The lowest BCUT2D eigenvalue weighted by Gasteiger charge is -1.77. The highest BCUT2D eigenvalue weighted by atomic mass is 13.7. The van der Waals surface area contributed by atoms with Crippen LogP contribution in [0.2, 0.25) is 0 Å². The molecule has 0 atom stereocenters. The minimum atomic E-state index is 0. The van der Waals surface area contributed by atoms with Crippen LogP contribution in [0.5, 0.6) is 0 Å². The smallest absolute Gasteiger partial charge is 0.0404 e. The first-order valence-corrected chi connectivity index (χ1v) is 3.22. The highest BCUT2D eigenvalue weighted by molar-refractivity contribution is 5.15. The van der Waals surface area contributed by atoms with Crippen molar-refractivity contribution in [3.8, 4) is 0 Å². The molecule has 0 aliphatic rings. The first-order chi connectivity index (χ1) is 4.27. The summed E-state index contributed by atoms with van der Waals surface area (Å²) in [6.07, 6.45) is 5.50. The molecule has 0 heterocycles. The van der Waals surface area contributed by atoms with E-state index < -0.39 is 0 Å². The van der Waals surface area contributed by atoms with Crippen molar-refractivity contribution >= 4 is 0 Å². The van der Waals surface area contributed by atoms with E-state index in [0.29, 0.717) is 0 Å². The molecule has 0 saturated carbocycles. The van der Waals surface area contributed by atoms with Crippen LogP contribution in [0.4, 0.5) is 0 Å². The molecule has 0 aliphatic heterocycles. The van der Waals surface area contributed by atoms with E-state index in [-0.39, 0.29) is 7.43 Å². The highest BCUT2D eigenvalue weighted by Crippen LogP contribution is 1.86. The maximum absolute atomic E-state index is 3.66. The summed E-state index contributed by atoms with van der Waals surface area (Å²) in [6.45, 7) is 13.1. The zero-order valence-corrected chi connectivity index (χ0v) is 6.65. The average Bonchev–Trinajstić information content (AvgIpc) is 1.88. The molecule has 0 aliphatic carbocycles. The molecular weight excluding hydrogens is 120 g/mol. The Morgan fingerprint density at radius 2 is 1.70 bits per heavy atom. The topological polar surface area (TPSA) is 0 Å². The Hall–Kier alpha value is -0.780. The first kappa shape index (κ1) is 16.1. The van der Waals surface area contributed by atoms with Gasteiger partial charge in [0.2, 0.25) is 0 Å². The zero-order valence-electron chi connectivity index (χ0n) is 6.65. The Morgan fingerprint density at radius 1 is 1.30 bits per heavy atom. The van der Waals surface area contributed by atoms with Gasteiger partial charge in [0.25, 0.3) is 0 Å². The van der Waals surface area contributed by atoms with Crippen LogP contribution in [0.1, 0.15) is 28.2 Å². The van der Waals surface area contributed by atoms with Crippen molar-refractivity contribution in [2.24, 2.45) is 0 Å². The summed E-state index contributed by atoms with van der Waals surface area (Å²) in [6, 6.07) is 0. The standard InChI is InChI=1S/C7H10.C2H6.CH4/c1-4-5-6-7(2)3;1-2;/h4-6H,1-2H2,3H3;1-2H3;1H4/b6-5-;;. The molecule has 0 spiro atoms. The molecule has 0 radical (unpaired) electrons. The second-order valence-corrected chi connectivity index (χ2v) is 1.44. The fourth-order valence-corrected chi connectivity index (χ4v) is 0.232. The summed E-state index contributed by atoms with van der Waals surface area (Å²) < 4.78 is 0. The maximum atomic E-state index is 3.66. The third kappa shape index (κ3) is 26.9. The predicted molar refractivity (Wildman–Crippen MR) is 52.2 cm³/mol. The van der Waals surface area contributed by atoms with Crippen molar-refractivity contribution in [3.63, 3.8) is 0 Å². The number of rotatable bonds is 2. The highest BCUT2D eigenvalue weighted by Gasteiger charge is 1.65. The Morgan fingerprint density at radius 3 is 1.80 bits per heavy atom. The van der Waals surface area contributed by atoms with Gasteiger partial charge in [-0.3, -0.25) is 0 Å². The summed E-state index contributed by atoms with van der Waals surface area (Å²) in [4.78, 5) is 0. The molecule has 0 saturated heterocycles. The largest absolute Gasteiger partial charge is 0.0991 e. The third-order valence-electron chi connectivity index (χ3n) is 0.517. The summed E-state index contributed by atoms with van der Waals surface area (Å²) in [7, 11) is 0. The molecule has 0 unspecified atom stereocenters. The molecule has 60 valence electrons. The van der Waals surface area contributed by atoms with Crippen molar-refractivity contribution < 1.29 is 0 Å². The van der Waals surface area contributed by atoms with E-state index in [9.17, 15) is 0 Å². The van der Waals surface area contributed by atoms with Gasteiger partial charge >= 0.3 is 0 Å². The fourth-order valence-electron chi connectivity index (χ4n) is 0.232. The van der Waals surface area contributed by atoms with E-state index in [4.69, 9.17) is 0 Å². The number of hydrogen-bond donors (Lipinski definition) is 0. The van der Waals surface area contributed by atoms with Crippen molar-refractivity contribution in [2.45, 2.75) is 28.2 Å². The molecule has 0 rings (SSSR count).